The summed E-state index contributed by atoms with van der Waals surface area (Å²) in [6.45, 7) is 0.503. The summed E-state index contributed by atoms with van der Waals surface area (Å²) >= 11 is 0. The van der Waals surface area contributed by atoms with Crippen LogP contribution in [0.2, 0.25) is 0 Å². The summed E-state index contributed by atoms with van der Waals surface area (Å²) in [5.74, 6) is 1.81. The van der Waals surface area contributed by atoms with Gasteiger partial charge in [-0.1, -0.05) is 36.4 Å². The minimum Gasteiger partial charge on any atom is -0.493 e. The molecule has 0 saturated heterocycles. The zero-order valence-corrected chi connectivity index (χ0v) is 19.1. The lowest BCUT2D eigenvalue weighted by atomic mass is 10.1. The molecule has 0 fully saturated rings. The van der Waals surface area contributed by atoms with Gasteiger partial charge < -0.3 is 14.8 Å². The van der Waals surface area contributed by atoms with Crippen molar-refractivity contribution in [2.75, 3.05) is 30.8 Å². The molecule has 3 aromatic carbocycles. The summed E-state index contributed by atoms with van der Waals surface area (Å²) in [5, 5.41) is 3.22. The van der Waals surface area contributed by atoms with E-state index in [1.165, 1.54) is 12.1 Å². The molecular weight excluding hydrogens is 440 g/mol. The van der Waals surface area contributed by atoms with Gasteiger partial charge >= 0.3 is 0 Å². The van der Waals surface area contributed by atoms with Gasteiger partial charge in [0.2, 0.25) is 0 Å². The Morgan fingerprint density at radius 1 is 0.788 bits per heavy atom. The Morgan fingerprint density at radius 3 is 2.09 bits per heavy atom. The number of rotatable bonds is 9. The van der Waals surface area contributed by atoms with Crippen molar-refractivity contribution >= 4 is 32.7 Å². The Hall–Kier alpha value is -3.85. The number of sulfonamides is 1. The van der Waals surface area contributed by atoms with Crippen molar-refractivity contribution in [3.63, 3.8) is 0 Å². The number of aromatic nitrogens is 2. The molecule has 0 radical (unpaired) electrons. The first kappa shape index (κ1) is 22.3. The third-order valence-electron chi connectivity index (χ3n) is 5.01. The van der Waals surface area contributed by atoms with Gasteiger partial charge in [-0.3, -0.25) is 4.72 Å². The van der Waals surface area contributed by atoms with E-state index in [4.69, 9.17) is 9.47 Å². The normalized spacial score (nSPS) is 11.2. The van der Waals surface area contributed by atoms with Crippen molar-refractivity contribution in [3.05, 3.63) is 78.4 Å². The Labute approximate surface area is 192 Å². The van der Waals surface area contributed by atoms with Crippen molar-refractivity contribution in [1.82, 2.24) is 9.97 Å². The zero-order valence-electron chi connectivity index (χ0n) is 18.3. The van der Waals surface area contributed by atoms with Crippen LogP contribution in [-0.2, 0) is 16.4 Å². The average molecular weight is 465 g/mol. The molecule has 1 aromatic heterocycles. The van der Waals surface area contributed by atoms with Gasteiger partial charge in [0.15, 0.2) is 23.1 Å². The number of ether oxygens (including phenoxy) is 2. The summed E-state index contributed by atoms with van der Waals surface area (Å²) < 4.78 is 39.0. The summed E-state index contributed by atoms with van der Waals surface area (Å²) in [6.07, 6.45) is 0.653. The second-order valence-corrected chi connectivity index (χ2v) is 8.88. The first-order valence-corrected chi connectivity index (χ1v) is 11.8. The predicted molar refractivity (Wildman–Crippen MR) is 129 cm³/mol. The first-order chi connectivity index (χ1) is 16.0. The Balaban J connectivity index is 1.59. The molecule has 0 unspecified atom stereocenters. The smallest absolute Gasteiger partial charge is 0.263 e. The van der Waals surface area contributed by atoms with E-state index in [0.717, 1.165) is 5.56 Å². The number of benzene rings is 3. The highest BCUT2D eigenvalue weighted by molar-refractivity contribution is 7.92. The standard InChI is InChI=1S/C24H24N4O4S/c1-31-21-13-12-17(16-22(21)32-2)14-15-25-23-24(27-20-11-7-6-10-19(20)26-23)28-33(29,30)18-8-4-3-5-9-18/h3-13,16H,14-15H2,1-2H3,(H,25,26)(H,27,28). The molecule has 8 nitrogen and oxygen atoms in total. The van der Waals surface area contributed by atoms with Gasteiger partial charge in [-0.2, -0.15) is 0 Å². The molecule has 9 heteroatoms. The minimum absolute atomic E-state index is 0.143. The highest BCUT2D eigenvalue weighted by Gasteiger charge is 2.18. The van der Waals surface area contributed by atoms with Crippen LogP contribution >= 0.6 is 0 Å². The third kappa shape index (κ3) is 5.15. The Morgan fingerprint density at radius 2 is 1.42 bits per heavy atom. The largest absolute Gasteiger partial charge is 0.493 e. The maximum absolute atomic E-state index is 12.9. The van der Waals surface area contributed by atoms with Crippen LogP contribution < -0.4 is 19.5 Å². The lowest BCUT2D eigenvalue weighted by Crippen LogP contribution is -2.17. The van der Waals surface area contributed by atoms with Gasteiger partial charge in [0.25, 0.3) is 10.0 Å². The van der Waals surface area contributed by atoms with E-state index < -0.39 is 10.0 Å². The van der Waals surface area contributed by atoms with Crippen molar-refractivity contribution in [2.45, 2.75) is 11.3 Å². The maximum Gasteiger partial charge on any atom is 0.263 e. The number of hydrogen-bond donors (Lipinski definition) is 2. The lowest BCUT2D eigenvalue weighted by Gasteiger charge is -2.14. The van der Waals surface area contributed by atoms with Gasteiger partial charge in [-0.25, -0.2) is 18.4 Å². The van der Waals surface area contributed by atoms with Crippen LogP contribution in [0.5, 0.6) is 11.5 Å². The van der Waals surface area contributed by atoms with Crippen LogP contribution in [-0.4, -0.2) is 39.2 Å². The zero-order chi connectivity index (χ0) is 23.3. The Bertz CT molecular complexity index is 1360. The van der Waals surface area contributed by atoms with E-state index in [2.05, 4.69) is 20.0 Å². The number of hydrogen-bond acceptors (Lipinski definition) is 7. The molecule has 4 aromatic rings. The molecule has 33 heavy (non-hydrogen) atoms. The van der Waals surface area contributed by atoms with Crippen LogP contribution in [0.15, 0.2) is 77.7 Å². The lowest BCUT2D eigenvalue weighted by molar-refractivity contribution is 0.354. The molecule has 0 aliphatic carbocycles. The van der Waals surface area contributed by atoms with E-state index in [-0.39, 0.29) is 10.7 Å². The maximum atomic E-state index is 12.9. The van der Waals surface area contributed by atoms with E-state index in [0.29, 0.717) is 41.3 Å². The van der Waals surface area contributed by atoms with Crippen molar-refractivity contribution in [2.24, 2.45) is 0 Å². The van der Waals surface area contributed by atoms with Crippen LogP contribution in [0.1, 0.15) is 5.56 Å². The molecule has 0 atom stereocenters. The number of fused-ring (bicyclic) bond motifs is 1. The molecule has 0 bridgehead atoms. The average Bonchev–Trinajstić information content (AvgIpc) is 2.84. The second-order valence-electron chi connectivity index (χ2n) is 7.19. The first-order valence-electron chi connectivity index (χ1n) is 10.3. The monoisotopic (exact) mass is 464 g/mol. The summed E-state index contributed by atoms with van der Waals surface area (Å²) in [6, 6.07) is 21.2. The van der Waals surface area contributed by atoms with Crippen molar-refractivity contribution in [1.29, 1.82) is 0 Å². The molecule has 0 saturated carbocycles. The molecule has 0 spiro atoms. The number of para-hydroxylation sites is 2. The fourth-order valence-corrected chi connectivity index (χ4v) is 4.37. The second kappa shape index (κ2) is 9.74. The van der Waals surface area contributed by atoms with Crippen LogP contribution in [0, 0.1) is 0 Å². The quantitative estimate of drug-likeness (QED) is 0.384. The molecule has 0 amide bonds. The van der Waals surface area contributed by atoms with E-state index in [1.54, 1.807) is 38.5 Å². The third-order valence-corrected chi connectivity index (χ3v) is 6.36. The molecule has 0 aliphatic rings. The highest BCUT2D eigenvalue weighted by Crippen LogP contribution is 2.28. The van der Waals surface area contributed by atoms with E-state index >= 15 is 0 Å². The van der Waals surface area contributed by atoms with Crippen molar-refractivity contribution < 1.29 is 17.9 Å². The summed E-state index contributed by atoms with van der Waals surface area (Å²) in [7, 11) is -0.636. The van der Waals surface area contributed by atoms with E-state index in [1.807, 2.05) is 36.4 Å². The number of nitrogens with one attached hydrogen (secondary N) is 2. The van der Waals surface area contributed by atoms with Gasteiger partial charge in [0.05, 0.1) is 30.1 Å². The fraction of sp³-hybridized carbons (Fsp3) is 0.167. The molecule has 0 aliphatic heterocycles. The Kier molecular flexibility index (Phi) is 6.60. The predicted octanol–water partition coefficient (Wildman–Crippen LogP) is 4.10. The number of methoxy groups -OCH3 is 2. The summed E-state index contributed by atoms with van der Waals surface area (Å²) in [5.41, 5.74) is 2.28. The molecule has 2 N–H and O–H groups in total. The van der Waals surface area contributed by atoms with Crippen LogP contribution in [0.4, 0.5) is 11.6 Å². The highest BCUT2D eigenvalue weighted by atomic mass is 32.2. The number of nitrogens with zero attached hydrogens (tertiary/aromatic N) is 2. The topological polar surface area (TPSA) is 102 Å². The molecule has 170 valence electrons. The van der Waals surface area contributed by atoms with Gasteiger partial charge in [0.1, 0.15) is 0 Å². The molecular formula is C24H24N4O4S. The van der Waals surface area contributed by atoms with Gasteiger partial charge in [-0.05, 0) is 48.4 Å². The minimum atomic E-state index is -3.82. The van der Waals surface area contributed by atoms with Crippen LogP contribution in [0.25, 0.3) is 11.0 Å². The van der Waals surface area contributed by atoms with Gasteiger partial charge in [0, 0.05) is 6.54 Å². The summed E-state index contributed by atoms with van der Waals surface area (Å²) in [4.78, 5) is 9.26. The van der Waals surface area contributed by atoms with Gasteiger partial charge in [-0.15, -0.1) is 0 Å². The van der Waals surface area contributed by atoms with Crippen LogP contribution in [0.3, 0.4) is 0 Å². The van der Waals surface area contributed by atoms with E-state index in [9.17, 15) is 8.42 Å². The fourth-order valence-electron chi connectivity index (χ4n) is 3.34. The molecule has 1 heterocycles. The number of anilines is 2. The SMILES string of the molecule is COc1ccc(CCNc2nc3ccccc3nc2NS(=O)(=O)c2ccccc2)cc1OC. The molecule has 4 rings (SSSR count). The van der Waals surface area contributed by atoms with Crippen molar-refractivity contribution in [3.8, 4) is 11.5 Å².